The molecule has 1 aromatic rings. The molecule has 0 aliphatic rings. The molecule has 8 nitrogen and oxygen atoms in total. The molecule has 0 saturated heterocycles. The van der Waals surface area contributed by atoms with Gasteiger partial charge in [0.05, 0.1) is 16.3 Å². The van der Waals surface area contributed by atoms with E-state index in [1.165, 1.54) is 19.9 Å². The molecular formula is C10H11N3O5. The Balaban J connectivity index is 3.68. The first-order valence-electron chi connectivity index (χ1n) is 4.95. The Bertz CT molecular complexity index is 553. The summed E-state index contributed by atoms with van der Waals surface area (Å²) < 4.78 is 0. The van der Waals surface area contributed by atoms with Crippen molar-refractivity contribution in [3.05, 3.63) is 43.0 Å². The van der Waals surface area contributed by atoms with E-state index in [1.54, 1.807) is 0 Å². The average molecular weight is 253 g/mol. The number of benzene rings is 1. The average Bonchev–Trinajstić information content (AvgIpc) is 2.21. The lowest BCUT2D eigenvalue weighted by Crippen LogP contribution is -2.16. The number of nitro groups is 2. The molecule has 0 heterocycles. The van der Waals surface area contributed by atoms with Gasteiger partial charge in [-0.2, -0.15) is 0 Å². The zero-order valence-electron chi connectivity index (χ0n) is 9.80. The van der Waals surface area contributed by atoms with Crippen LogP contribution in [0.3, 0.4) is 0 Å². The van der Waals surface area contributed by atoms with Gasteiger partial charge >= 0.3 is 0 Å². The van der Waals surface area contributed by atoms with Crippen molar-refractivity contribution in [3.8, 4) is 0 Å². The molecule has 2 N–H and O–H groups in total. The van der Waals surface area contributed by atoms with Crippen LogP contribution < -0.4 is 5.73 Å². The van der Waals surface area contributed by atoms with Crippen LogP contribution in [0.1, 0.15) is 16.7 Å². The summed E-state index contributed by atoms with van der Waals surface area (Å²) in [5, 5.41) is 21.9. The van der Waals surface area contributed by atoms with Crippen molar-refractivity contribution in [2.75, 3.05) is 0 Å². The zero-order chi connectivity index (χ0) is 14.0. The molecule has 18 heavy (non-hydrogen) atoms. The number of carbonyl (C=O) groups excluding carboxylic acids is 1. The van der Waals surface area contributed by atoms with Crippen LogP contribution in [-0.4, -0.2) is 15.8 Å². The first kappa shape index (κ1) is 13.6. The van der Waals surface area contributed by atoms with Crippen molar-refractivity contribution in [2.45, 2.75) is 20.3 Å². The molecule has 0 fully saturated rings. The fourth-order valence-corrected chi connectivity index (χ4v) is 1.69. The van der Waals surface area contributed by atoms with Crippen LogP contribution >= 0.6 is 0 Å². The molecule has 1 aromatic carbocycles. The van der Waals surface area contributed by atoms with Crippen molar-refractivity contribution in [1.82, 2.24) is 0 Å². The number of primary amides is 1. The zero-order valence-corrected chi connectivity index (χ0v) is 9.80. The second kappa shape index (κ2) is 4.78. The normalized spacial score (nSPS) is 10.1. The highest BCUT2D eigenvalue weighted by atomic mass is 16.6. The van der Waals surface area contributed by atoms with E-state index in [2.05, 4.69) is 0 Å². The van der Waals surface area contributed by atoms with Gasteiger partial charge in [-0.25, -0.2) is 0 Å². The summed E-state index contributed by atoms with van der Waals surface area (Å²) in [4.78, 5) is 31.3. The van der Waals surface area contributed by atoms with Gasteiger partial charge in [0.25, 0.3) is 11.4 Å². The number of carbonyl (C=O) groups is 1. The van der Waals surface area contributed by atoms with Crippen LogP contribution in [-0.2, 0) is 11.2 Å². The van der Waals surface area contributed by atoms with Gasteiger partial charge in [-0.1, -0.05) is 0 Å². The smallest absolute Gasteiger partial charge is 0.283 e. The third-order valence-electron chi connectivity index (χ3n) is 2.63. The van der Waals surface area contributed by atoms with Gasteiger partial charge in [0, 0.05) is 11.6 Å². The quantitative estimate of drug-likeness (QED) is 0.635. The minimum absolute atomic E-state index is 0.249. The van der Waals surface area contributed by atoms with Gasteiger partial charge in [-0.3, -0.25) is 25.0 Å². The topological polar surface area (TPSA) is 129 Å². The van der Waals surface area contributed by atoms with E-state index in [1.807, 2.05) is 0 Å². The predicted molar refractivity (Wildman–Crippen MR) is 62.1 cm³/mol. The number of rotatable bonds is 4. The number of nitro benzene ring substituents is 2. The number of nitrogens with two attached hydrogens (primary N) is 1. The minimum atomic E-state index is -0.857. The predicted octanol–water partition coefficient (Wildman–Crippen LogP) is 1.15. The minimum Gasteiger partial charge on any atom is -0.369 e. The van der Waals surface area contributed by atoms with Crippen molar-refractivity contribution < 1.29 is 14.6 Å². The lowest BCUT2D eigenvalue weighted by Gasteiger charge is -2.07. The third kappa shape index (κ3) is 2.42. The summed E-state index contributed by atoms with van der Waals surface area (Å²) in [5.74, 6) is -0.857. The molecule has 0 bridgehead atoms. The van der Waals surface area contributed by atoms with E-state index in [0.29, 0.717) is 11.1 Å². The fraction of sp³-hybridized carbons (Fsp3) is 0.300. The van der Waals surface area contributed by atoms with Crippen molar-refractivity contribution in [2.24, 2.45) is 5.73 Å². The summed E-state index contributed by atoms with van der Waals surface area (Å²) in [6.07, 6.45) is -0.534. The molecule has 0 atom stereocenters. The van der Waals surface area contributed by atoms with E-state index in [-0.39, 0.29) is 5.56 Å². The second-order valence-electron chi connectivity index (χ2n) is 3.82. The van der Waals surface area contributed by atoms with E-state index in [4.69, 9.17) is 5.73 Å². The molecule has 0 aromatic heterocycles. The van der Waals surface area contributed by atoms with Gasteiger partial charge in [0.2, 0.25) is 5.91 Å². The highest BCUT2D eigenvalue weighted by Crippen LogP contribution is 2.34. The summed E-state index contributed by atoms with van der Waals surface area (Å²) in [5.41, 5.74) is 4.56. The van der Waals surface area contributed by atoms with E-state index in [0.717, 1.165) is 0 Å². The van der Waals surface area contributed by atoms with Gasteiger partial charge < -0.3 is 5.73 Å². The maximum Gasteiger partial charge on any atom is 0.283 e. The standard InChI is InChI=1S/C10H11N3O5/c1-5-3-8(12(15)16)7(4-9(11)14)10(6(5)2)13(17)18/h3H,4H2,1-2H3,(H2,11,14). The maximum atomic E-state index is 11.0. The Kier molecular flexibility index (Phi) is 3.60. The Labute approximate surface area is 102 Å². The highest BCUT2D eigenvalue weighted by Gasteiger charge is 2.29. The molecular weight excluding hydrogens is 242 g/mol. The Morgan fingerprint density at radius 2 is 1.83 bits per heavy atom. The molecule has 8 heteroatoms. The number of aryl methyl sites for hydroxylation is 1. The Morgan fingerprint density at radius 1 is 1.28 bits per heavy atom. The molecule has 0 radical (unpaired) electrons. The van der Waals surface area contributed by atoms with Gasteiger partial charge in [-0.15, -0.1) is 0 Å². The number of nitrogens with zero attached hydrogens (tertiary/aromatic N) is 2. The lowest BCUT2D eigenvalue weighted by atomic mass is 9.98. The molecule has 0 aliphatic carbocycles. The molecule has 0 unspecified atom stereocenters. The van der Waals surface area contributed by atoms with Crippen LogP contribution in [0.25, 0.3) is 0 Å². The largest absolute Gasteiger partial charge is 0.369 e. The van der Waals surface area contributed by atoms with E-state index >= 15 is 0 Å². The SMILES string of the molecule is Cc1cc([N+](=O)[O-])c(CC(N)=O)c([N+](=O)[O-])c1C. The molecule has 96 valence electrons. The van der Waals surface area contributed by atoms with Gasteiger partial charge in [0.1, 0.15) is 5.56 Å². The summed E-state index contributed by atoms with van der Waals surface area (Å²) in [7, 11) is 0. The van der Waals surface area contributed by atoms with E-state index in [9.17, 15) is 25.0 Å². The van der Waals surface area contributed by atoms with Crippen molar-refractivity contribution in [1.29, 1.82) is 0 Å². The maximum absolute atomic E-state index is 11.0. The fourth-order valence-electron chi connectivity index (χ4n) is 1.69. The van der Waals surface area contributed by atoms with Crippen LogP contribution in [0.15, 0.2) is 6.07 Å². The Morgan fingerprint density at radius 3 is 2.22 bits per heavy atom. The monoisotopic (exact) mass is 253 g/mol. The summed E-state index contributed by atoms with van der Waals surface area (Å²) >= 11 is 0. The third-order valence-corrected chi connectivity index (χ3v) is 2.63. The molecule has 0 spiro atoms. The first-order valence-corrected chi connectivity index (χ1v) is 4.95. The molecule has 0 saturated carbocycles. The van der Waals surface area contributed by atoms with E-state index < -0.39 is 33.5 Å². The second-order valence-corrected chi connectivity index (χ2v) is 3.82. The van der Waals surface area contributed by atoms with Crippen molar-refractivity contribution in [3.63, 3.8) is 0 Å². The van der Waals surface area contributed by atoms with Gasteiger partial charge in [-0.05, 0) is 19.4 Å². The number of amides is 1. The van der Waals surface area contributed by atoms with Crippen molar-refractivity contribution >= 4 is 17.3 Å². The van der Waals surface area contributed by atoms with Gasteiger partial charge in [0.15, 0.2) is 0 Å². The summed E-state index contributed by atoms with van der Waals surface area (Å²) in [6, 6.07) is 1.21. The van der Waals surface area contributed by atoms with Crippen LogP contribution in [0.4, 0.5) is 11.4 Å². The van der Waals surface area contributed by atoms with Crippen LogP contribution in [0.5, 0.6) is 0 Å². The summed E-state index contributed by atoms with van der Waals surface area (Å²) in [6.45, 7) is 3.01. The number of hydrogen-bond acceptors (Lipinski definition) is 5. The Hall–Kier alpha value is -2.51. The first-order chi connectivity index (χ1) is 8.25. The number of hydrogen-bond donors (Lipinski definition) is 1. The molecule has 1 amide bonds. The molecule has 1 rings (SSSR count). The van der Waals surface area contributed by atoms with Crippen LogP contribution in [0.2, 0.25) is 0 Å². The highest BCUT2D eigenvalue weighted by molar-refractivity contribution is 5.80. The lowest BCUT2D eigenvalue weighted by molar-refractivity contribution is -0.395. The van der Waals surface area contributed by atoms with Crippen LogP contribution in [0, 0.1) is 34.1 Å². The molecule has 0 aliphatic heterocycles.